The van der Waals surface area contributed by atoms with E-state index in [4.69, 9.17) is 24.1 Å². The molecule has 2 fully saturated rings. The van der Waals surface area contributed by atoms with Crippen LogP contribution >= 0.6 is 0 Å². The van der Waals surface area contributed by atoms with Crippen molar-refractivity contribution in [1.82, 2.24) is 0 Å². The third kappa shape index (κ3) is 4.83. The molecule has 1 aromatic rings. The van der Waals surface area contributed by atoms with E-state index in [-0.39, 0.29) is 13.2 Å². The van der Waals surface area contributed by atoms with Crippen LogP contribution in [0.5, 0.6) is 5.75 Å². The average molecular weight is 428 g/mol. The molecule has 0 aliphatic carbocycles. The van der Waals surface area contributed by atoms with E-state index in [0.29, 0.717) is 12.2 Å². The van der Waals surface area contributed by atoms with Crippen LogP contribution in [0.25, 0.3) is 0 Å². The van der Waals surface area contributed by atoms with E-state index < -0.39 is 55.3 Å². The molecule has 2 heterocycles. The fourth-order valence-electron chi connectivity index (χ4n) is 3.28. The van der Waals surface area contributed by atoms with E-state index in [1.807, 2.05) is 12.1 Å². The summed E-state index contributed by atoms with van der Waals surface area (Å²) in [5, 5.41) is 59.7. The SMILES string of the molecule is C=CCc1ccc(O[C@@H]2O[C@@H](CO[C@@H]3OC[C@@](O)(CO)[C@@H]3O)[C@@H](O)[C@H](O)[C@@H]2O)cc1. The van der Waals surface area contributed by atoms with Crippen LogP contribution < -0.4 is 4.74 Å². The highest BCUT2D eigenvalue weighted by molar-refractivity contribution is 5.28. The van der Waals surface area contributed by atoms with Crippen molar-refractivity contribution in [3.8, 4) is 5.75 Å². The number of aliphatic hydroxyl groups excluding tert-OH is 5. The maximum atomic E-state index is 10.2. The van der Waals surface area contributed by atoms with Gasteiger partial charge in [0.2, 0.25) is 6.29 Å². The van der Waals surface area contributed by atoms with Gasteiger partial charge in [0.15, 0.2) is 6.29 Å². The normalized spacial score (nSPS) is 39.1. The molecule has 0 spiro atoms. The summed E-state index contributed by atoms with van der Waals surface area (Å²) in [4.78, 5) is 0. The summed E-state index contributed by atoms with van der Waals surface area (Å²) < 4.78 is 21.7. The summed E-state index contributed by atoms with van der Waals surface area (Å²) in [6, 6.07) is 6.99. The molecule has 30 heavy (non-hydrogen) atoms. The van der Waals surface area contributed by atoms with Crippen molar-refractivity contribution < 1.29 is 49.6 Å². The van der Waals surface area contributed by atoms with Gasteiger partial charge in [-0.1, -0.05) is 18.2 Å². The minimum absolute atomic E-state index is 0.335. The second-order valence-corrected chi connectivity index (χ2v) is 7.49. The third-order valence-electron chi connectivity index (χ3n) is 5.23. The van der Waals surface area contributed by atoms with Gasteiger partial charge in [-0.25, -0.2) is 0 Å². The molecular formula is C20H28O10. The predicted molar refractivity (Wildman–Crippen MR) is 101 cm³/mol. The smallest absolute Gasteiger partial charge is 0.229 e. The molecular weight excluding hydrogens is 400 g/mol. The zero-order valence-electron chi connectivity index (χ0n) is 16.3. The Kier molecular flexibility index (Phi) is 7.45. The molecule has 0 aromatic heterocycles. The Morgan fingerprint density at radius 3 is 2.37 bits per heavy atom. The number of aliphatic hydroxyl groups is 6. The molecule has 0 amide bonds. The first-order valence-electron chi connectivity index (χ1n) is 9.59. The van der Waals surface area contributed by atoms with Gasteiger partial charge in [0.25, 0.3) is 0 Å². The Bertz CT molecular complexity index is 697. The fraction of sp³-hybridized carbons (Fsp3) is 0.600. The number of hydrogen-bond donors (Lipinski definition) is 6. The molecule has 8 atom stereocenters. The molecule has 2 saturated heterocycles. The lowest BCUT2D eigenvalue weighted by atomic mass is 9.99. The maximum absolute atomic E-state index is 10.2. The monoisotopic (exact) mass is 428 g/mol. The molecule has 3 rings (SSSR count). The van der Waals surface area contributed by atoms with Crippen LogP contribution in [0.1, 0.15) is 5.56 Å². The van der Waals surface area contributed by atoms with E-state index in [2.05, 4.69) is 6.58 Å². The summed E-state index contributed by atoms with van der Waals surface area (Å²) in [5.74, 6) is 0.387. The minimum atomic E-state index is -1.85. The Morgan fingerprint density at radius 1 is 1.07 bits per heavy atom. The zero-order chi connectivity index (χ0) is 21.9. The largest absolute Gasteiger partial charge is 0.462 e. The fourth-order valence-corrected chi connectivity index (χ4v) is 3.28. The summed E-state index contributed by atoms with van der Waals surface area (Å²) in [6.45, 7) is 2.28. The lowest BCUT2D eigenvalue weighted by Crippen LogP contribution is -2.60. The van der Waals surface area contributed by atoms with Crippen LogP contribution in [0.3, 0.4) is 0 Å². The molecule has 0 bridgehead atoms. The summed E-state index contributed by atoms with van der Waals surface area (Å²) >= 11 is 0. The van der Waals surface area contributed by atoms with Gasteiger partial charge in [-0.05, 0) is 24.1 Å². The lowest BCUT2D eigenvalue weighted by molar-refractivity contribution is -0.289. The topological polar surface area (TPSA) is 158 Å². The van der Waals surface area contributed by atoms with Crippen molar-refractivity contribution in [3.05, 3.63) is 42.5 Å². The van der Waals surface area contributed by atoms with E-state index in [1.165, 1.54) is 0 Å². The van der Waals surface area contributed by atoms with Crippen LogP contribution in [0.4, 0.5) is 0 Å². The van der Waals surface area contributed by atoms with E-state index in [1.54, 1.807) is 18.2 Å². The molecule has 2 aliphatic heterocycles. The van der Waals surface area contributed by atoms with Crippen LogP contribution in [0.2, 0.25) is 0 Å². The van der Waals surface area contributed by atoms with Crippen molar-refractivity contribution in [1.29, 1.82) is 0 Å². The summed E-state index contributed by atoms with van der Waals surface area (Å²) in [7, 11) is 0. The standard InChI is InChI=1S/C20H28O10/c1-2-3-11-4-6-12(7-5-11)29-18-16(24)15(23)14(22)13(30-18)8-27-19-17(25)20(26,9-21)10-28-19/h2,4-7,13-19,21-26H,1,3,8-10H2/t13-,14+,15-,16-,17+,18+,19+,20-/m0/s1. The van der Waals surface area contributed by atoms with E-state index in [0.717, 1.165) is 5.56 Å². The average Bonchev–Trinajstić information content (AvgIpc) is 3.04. The van der Waals surface area contributed by atoms with Crippen LogP contribution in [0.15, 0.2) is 36.9 Å². The lowest BCUT2D eigenvalue weighted by Gasteiger charge is -2.40. The zero-order valence-corrected chi connectivity index (χ0v) is 16.3. The molecule has 10 nitrogen and oxygen atoms in total. The number of rotatable bonds is 8. The van der Waals surface area contributed by atoms with Crippen molar-refractivity contribution in [3.63, 3.8) is 0 Å². The third-order valence-corrected chi connectivity index (χ3v) is 5.23. The van der Waals surface area contributed by atoms with Gasteiger partial charge in [-0.15, -0.1) is 6.58 Å². The van der Waals surface area contributed by atoms with Crippen molar-refractivity contribution in [2.24, 2.45) is 0 Å². The highest BCUT2D eigenvalue weighted by Crippen LogP contribution is 2.28. The first-order chi connectivity index (χ1) is 14.3. The van der Waals surface area contributed by atoms with Gasteiger partial charge >= 0.3 is 0 Å². The second-order valence-electron chi connectivity index (χ2n) is 7.49. The highest BCUT2D eigenvalue weighted by Gasteiger charge is 2.50. The Labute approximate surface area is 173 Å². The Balaban J connectivity index is 1.61. The summed E-state index contributed by atoms with van der Waals surface area (Å²) in [5.41, 5.74) is -0.835. The predicted octanol–water partition coefficient (Wildman–Crippen LogP) is -1.94. The van der Waals surface area contributed by atoms with Gasteiger partial charge in [0, 0.05) is 0 Å². The van der Waals surface area contributed by atoms with Gasteiger partial charge < -0.3 is 49.6 Å². The number of ether oxygens (including phenoxy) is 4. The van der Waals surface area contributed by atoms with Crippen LogP contribution in [0, 0.1) is 0 Å². The molecule has 1 aromatic carbocycles. The van der Waals surface area contributed by atoms with Crippen molar-refractivity contribution in [2.45, 2.75) is 55.1 Å². The number of hydrogen-bond acceptors (Lipinski definition) is 10. The van der Waals surface area contributed by atoms with Gasteiger partial charge in [0.1, 0.15) is 41.9 Å². The number of allylic oxidation sites excluding steroid dienone is 1. The molecule has 6 N–H and O–H groups in total. The molecule has 168 valence electrons. The first-order valence-corrected chi connectivity index (χ1v) is 9.59. The molecule has 10 heteroatoms. The molecule has 0 saturated carbocycles. The first kappa shape index (κ1) is 23.1. The Hall–Kier alpha value is -1.60. The van der Waals surface area contributed by atoms with Crippen molar-refractivity contribution >= 4 is 0 Å². The maximum Gasteiger partial charge on any atom is 0.229 e. The Morgan fingerprint density at radius 2 is 1.77 bits per heavy atom. The van der Waals surface area contributed by atoms with Gasteiger partial charge in [-0.2, -0.15) is 0 Å². The van der Waals surface area contributed by atoms with E-state index >= 15 is 0 Å². The molecule has 0 unspecified atom stereocenters. The highest BCUT2D eigenvalue weighted by atomic mass is 16.7. The van der Waals surface area contributed by atoms with Gasteiger partial charge in [0.05, 0.1) is 19.8 Å². The number of benzene rings is 1. The molecule has 2 aliphatic rings. The van der Waals surface area contributed by atoms with Crippen LogP contribution in [-0.2, 0) is 20.6 Å². The molecule has 0 radical (unpaired) electrons. The van der Waals surface area contributed by atoms with Crippen LogP contribution in [-0.4, -0.2) is 99.2 Å². The van der Waals surface area contributed by atoms with Crippen molar-refractivity contribution in [2.75, 3.05) is 19.8 Å². The van der Waals surface area contributed by atoms with E-state index in [9.17, 15) is 25.5 Å². The second kappa shape index (κ2) is 9.69. The van der Waals surface area contributed by atoms with Gasteiger partial charge in [-0.3, -0.25) is 0 Å². The quantitative estimate of drug-likeness (QED) is 0.257. The minimum Gasteiger partial charge on any atom is -0.462 e. The summed E-state index contributed by atoms with van der Waals surface area (Å²) in [6.07, 6.45) is -7.31.